The second-order valence-electron chi connectivity index (χ2n) is 4.98. The highest BCUT2D eigenvalue weighted by Crippen LogP contribution is 2.23. The molecule has 0 radical (unpaired) electrons. The Bertz CT molecular complexity index is 365. The van der Waals surface area contributed by atoms with Crippen molar-refractivity contribution in [2.45, 2.75) is 24.9 Å². The van der Waals surface area contributed by atoms with Crippen LogP contribution in [0.25, 0.3) is 0 Å². The molecule has 0 spiro atoms. The van der Waals surface area contributed by atoms with Gasteiger partial charge >= 0.3 is 0 Å². The standard InChI is InChI=1S/C14H18N2/c1-13(15)7-3-11(4-8-13)12-5-9-14(2,16)10-6-12/h3-10H,15-16H2,1-2H3. The summed E-state index contributed by atoms with van der Waals surface area (Å²) in [6.07, 6.45) is 16.3. The molecule has 0 bridgehead atoms. The lowest BCUT2D eigenvalue weighted by molar-refractivity contribution is 0.725. The first-order valence-corrected chi connectivity index (χ1v) is 5.47. The van der Waals surface area contributed by atoms with Crippen LogP contribution in [0.3, 0.4) is 0 Å². The van der Waals surface area contributed by atoms with Gasteiger partial charge in [0.2, 0.25) is 0 Å². The fraction of sp³-hybridized carbons (Fsp3) is 0.286. The van der Waals surface area contributed by atoms with E-state index in [1.807, 2.05) is 38.2 Å². The zero-order valence-corrected chi connectivity index (χ0v) is 9.77. The van der Waals surface area contributed by atoms with Gasteiger partial charge < -0.3 is 11.5 Å². The molecule has 0 atom stereocenters. The molecule has 0 aromatic carbocycles. The van der Waals surface area contributed by atoms with Crippen LogP contribution in [-0.2, 0) is 0 Å². The van der Waals surface area contributed by atoms with Crippen molar-refractivity contribution in [1.29, 1.82) is 0 Å². The zero-order chi connectivity index (χ0) is 11.8. The highest BCUT2D eigenvalue weighted by Gasteiger charge is 2.16. The summed E-state index contributed by atoms with van der Waals surface area (Å²) < 4.78 is 0. The molecule has 0 aromatic rings. The van der Waals surface area contributed by atoms with Crippen LogP contribution in [0.2, 0.25) is 0 Å². The smallest absolute Gasteiger partial charge is 0.0502 e. The Hall–Kier alpha value is -1.38. The van der Waals surface area contributed by atoms with Gasteiger partial charge in [-0.05, 0) is 25.0 Å². The van der Waals surface area contributed by atoms with Crippen molar-refractivity contribution in [1.82, 2.24) is 0 Å². The number of allylic oxidation sites excluding steroid dienone is 6. The molecule has 0 unspecified atom stereocenters. The molecular formula is C14H18N2. The molecule has 0 aliphatic heterocycles. The SMILES string of the molecule is CC1(N)C=CC(=C2C=CC(C)(N)C=C2)C=C1. The normalized spacial score (nSPS) is 37.2. The zero-order valence-electron chi connectivity index (χ0n) is 9.77. The van der Waals surface area contributed by atoms with E-state index in [1.54, 1.807) is 0 Å². The van der Waals surface area contributed by atoms with E-state index < -0.39 is 0 Å². The van der Waals surface area contributed by atoms with Gasteiger partial charge in [0.15, 0.2) is 0 Å². The third-order valence-electron chi connectivity index (χ3n) is 2.82. The van der Waals surface area contributed by atoms with E-state index in [0.717, 1.165) is 0 Å². The number of nitrogens with two attached hydrogens (primary N) is 2. The fourth-order valence-electron chi connectivity index (χ4n) is 1.68. The molecule has 2 heteroatoms. The Kier molecular flexibility index (Phi) is 2.49. The fourth-order valence-corrected chi connectivity index (χ4v) is 1.68. The second-order valence-corrected chi connectivity index (χ2v) is 4.98. The summed E-state index contributed by atoms with van der Waals surface area (Å²) >= 11 is 0. The van der Waals surface area contributed by atoms with Crippen LogP contribution in [0.15, 0.2) is 59.8 Å². The molecule has 0 heterocycles. The highest BCUT2D eigenvalue weighted by molar-refractivity contribution is 5.53. The molecule has 0 aromatic heterocycles. The van der Waals surface area contributed by atoms with Gasteiger partial charge in [0, 0.05) is 0 Å². The Morgan fingerprint density at radius 3 is 1.19 bits per heavy atom. The first kappa shape index (κ1) is 11.1. The quantitative estimate of drug-likeness (QED) is 0.647. The Morgan fingerprint density at radius 1 is 0.688 bits per heavy atom. The molecule has 0 saturated heterocycles. The van der Waals surface area contributed by atoms with E-state index in [0.29, 0.717) is 0 Å². The molecule has 16 heavy (non-hydrogen) atoms. The molecule has 0 fully saturated rings. The topological polar surface area (TPSA) is 52.0 Å². The van der Waals surface area contributed by atoms with Crippen molar-refractivity contribution >= 4 is 0 Å². The van der Waals surface area contributed by atoms with Gasteiger partial charge in [-0.3, -0.25) is 0 Å². The minimum atomic E-state index is -0.325. The van der Waals surface area contributed by atoms with Crippen molar-refractivity contribution in [3.63, 3.8) is 0 Å². The van der Waals surface area contributed by atoms with Crippen LogP contribution in [0.4, 0.5) is 0 Å². The monoisotopic (exact) mass is 214 g/mol. The summed E-state index contributed by atoms with van der Waals surface area (Å²) in [6, 6.07) is 0. The lowest BCUT2D eigenvalue weighted by Gasteiger charge is -2.22. The first-order chi connectivity index (χ1) is 7.38. The number of rotatable bonds is 0. The van der Waals surface area contributed by atoms with Crippen molar-refractivity contribution in [2.24, 2.45) is 11.5 Å². The van der Waals surface area contributed by atoms with Gasteiger partial charge in [-0.15, -0.1) is 0 Å². The molecule has 2 aliphatic rings. The van der Waals surface area contributed by atoms with Crippen LogP contribution in [-0.4, -0.2) is 11.1 Å². The molecule has 0 saturated carbocycles. The van der Waals surface area contributed by atoms with Gasteiger partial charge in [-0.25, -0.2) is 0 Å². The molecular weight excluding hydrogens is 196 g/mol. The third-order valence-corrected chi connectivity index (χ3v) is 2.82. The van der Waals surface area contributed by atoms with Gasteiger partial charge in [-0.1, -0.05) is 48.6 Å². The minimum absolute atomic E-state index is 0.325. The minimum Gasteiger partial charge on any atom is -0.319 e. The van der Waals surface area contributed by atoms with Crippen molar-refractivity contribution in [2.75, 3.05) is 0 Å². The van der Waals surface area contributed by atoms with E-state index in [2.05, 4.69) is 24.3 Å². The maximum Gasteiger partial charge on any atom is 0.0502 e. The Labute approximate surface area is 96.7 Å². The van der Waals surface area contributed by atoms with Crippen LogP contribution in [0, 0.1) is 0 Å². The van der Waals surface area contributed by atoms with Gasteiger partial charge in [-0.2, -0.15) is 0 Å². The highest BCUT2D eigenvalue weighted by atomic mass is 14.7. The predicted octanol–water partition coefficient (Wildman–Crippen LogP) is 1.97. The molecule has 2 nitrogen and oxygen atoms in total. The lowest BCUT2D eigenvalue weighted by Crippen LogP contribution is -2.32. The first-order valence-electron chi connectivity index (χ1n) is 5.47. The lowest BCUT2D eigenvalue weighted by atomic mass is 9.89. The molecule has 2 aliphatic carbocycles. The predicted molar refractivity (Wildman–Crippen MR) is 68.8 cm³/mol. The van der Waals surface area contributed by atoms with Crippen LogP contribution < -0.4 is 11.5 Å². The van der Waals surface area contributed by atoms with Crippen LogP contribution in [0.1, 0.15) is 13.8 Å². The maximum atomic E-state index is 5.96. The summed E-state index contributed by atoms with van der Waals surface area (Å²) in [4.78, 5) is 0. The summed E-state index contributed by atoms with van der Waals surface area (Å²) in [7, 11) is 0. The van der Waals surface area contributed by atoms with E-state index >= 15 is 0 Å². The summed E-state index contributed by atoms with van der Waals surface area (Å²) in [5.41, 5.74) is 13.6. The van der Waals surface area contributed by atoms with E-state index in [9.17, 15) is 0 Å². The van der Waals surface area contributed by atoms with Crippen molar-refractivity contribution in [3.8, 4) is 0 Å². The average molecular weight is 214 g/mol. The van der Waals surface area contributed by atoms with E-state index in [-0.39, 0.29) is 11.1 Å². The Morgan fingerprint density at radius 2 is 0.938 bits per heavy atom. The summed E-state index contributed by atoms with van der Waals surface area (Å²) in [5.74, 6) is 0. The Balaban J connectivity index is 2.28. The summed E-state index contributed by atoms with van der Waals surface area (Å²) in [5, 5.41) is 0. The van der Waals surface area contributed by atoms with Crippen LogP contribution >= 0.6 is 0 Å². The third kappa shape index (κ3) is 2.40. The number of hydrogen-bond acceptors (Lipinski definition) is 2. The molecule has 84 valence electrons. The second kappa shape index (κ2) is 3.58. The molecule has 0 amide bonds. The van der Waals surface area contributed by atoms with E-state index in [4.69, 9.17) is 11.5 Å². The number of hydrogen-bond donors (Lipinski definition) is 2. The summed E-state index contributed by atoms with van der Waals surface area (Å²) in [6.45, 7) is 3.95. The van der Waals surface area contributed by atoms with Crippen molar-refractivity contribution < 1.29 is 0 Å². The molecule has 4 N–H and O–H groups in total. The van der Waals surface area contributed by atoms with Crippen molar-refractivity contribution in [3.05, 3.63) is 59.8 Å². The van der Waals surface area contributed by atoms with Gasteiger partial charge in [0.1, 0.15) is 0 Å². The van der Waals surface area contributed by atoms with Crippen LogP contribution in [0.5, 0.6) is 0 Å². The van der Waals surface area contributed by atoms with E-state index in [1.165, 1.54) is 11.1 Å². The van der Waals surface area contributed by atoms with Gasteiger partial charge in [0.25, 0.3) is 0 Å². The van der Waals surface area contributed by atoms with Gasteiger partial charge in [0.05, 0.1) is 11.1 Å². The maximum absolute atomic E-state index is 5.96. The largest absolute Gasteiger partial charge is 0.319 e. The average Bonchev–Trinajstić information content (AvgIpc) is 2.19. The molecule has 2 rings (SSSR count).